The van der Waals surface area contributed by atoms with Crippen LogP contribution in [-0.2, 0) is 4.79 Å². The molecule has 1 fully saturated rings. The highest BCUT2D eigenvalue weighted by Crippen LogP contribution is 2.33. The molecule has 2 aromatic heterocycles. The monoisotopic (exact) mass is 490 g/mol. The number of likely N-dealkylation sites (N-methyl/N-ethyl adjacent to an activating group) is 1. The summed E-state index contributed by atoms with van der Waals surface area (Å²) in [4.78, 5) is 22.0. The van der Waals surface area contributed by atoms with Gasteiger partial charge in [-0.25, -0.2) is 4.39 Å². The SMILES string of the molecule is C=C(/C=C(\C=C/C)N1CCN(CC)CC1)C(=O)Nc1n[nH]c2cnc(-c3c(F)cccc3OC)cc12. The van der Waals surface area contributed by atoms with Gasteiger partial charge in [0.05, 0.1) is 30.1 Å². The predicted molar refractivity (Wildman–Crippen MR) is 140 cm³/mol. The van der Waals surface area contributed by atoms with E-state index in [0.29, 0.717) is 33.7 Å². The van der Waals surface area contributed by atoms with Crippen molar-refractivity contribution < 1.29 is 13.9 Å². The molecular weight excluding hydrogens is 459 g/mol. The van der Waals surface area contributed by atoms with Crippen LogP contribution in [0.2, 0.25) is 0 Å². The standard InChI is InChI=1S/C27H31FN6O2/c1-5-8-19(34-13-11-33(6-2)12-14-34)15-18(3)27(35)30-26-20-16-22(29-17-23(20)31-32-26)25-21(28)9-7-10-24(25)36-4/h5,7-10,15-17H,3,6,11-14H2,1-2,4H3,(H2,30,31,32,35)/b8-5-,19-15+. The highest BCUT2D eigenvalue weighted by Gasteiger charge is 2.19. The molecular formula is C27H31FN6O2. The van der Waals surface area contributed by atoms with Crippen molar-refractivity contribution in [3.05, 3.63) is 72.4 Å². The number of rotatable bonds is 8. The average molecular weight is 491 g/mol. The Morgan fingerprint density at radius 3 is 2.78 bits per heavy atom. The van der Waals surface area contributed by atoms with Crippen molar-refractivity contribution in [2.45, 2.75) is 13.8 Å². The van der Waals surface area contributed by atoms with Crippen LogP contribution in [0.25, 0.3) is 22.2 Å². The Hall–Kier alpha value is -3.98. The molecule has 188 valence electrons. The number of H-pyrrole nitrogens is 1. The van der Waals surface area contributed by atoms with Gasteiger partial charge in [-0.1, -0.05) is 25.6 Å². The quantitative estimate of drug-likeness (QED) is 0.360. The second-order valence-electron chi connectivity index (χ2n) is 8.47. The number of ether oxygens (including phenoxy) is 1. The first-order valence-corrected chi connectivity index (χ1v) is 11.9. The van der Waals surface area contributed by atoms with Crippen LogP contribution in [0.5, 0.6) is 5.75 Å². The number of fused-ring (bicyclic) bond motifs is 1. The summed E-state index contributed by atoms with van der Waals surface area (Å²) >= 11 is 0. The molecule has 1 aromatic carbocycles. The number of carbonyl (C=O) groups excluding carboxylic acids is 1. The van der Waals surface area contributed by atoms with Gasteiger partial charge in [-0.2, -0.15) is 5.10 Å². The zero-order valence-electron chi connectivity index (χ0n) is 20.8. The first-order chi connectivity index (χ1) is 17.4. The summed E-state index contributed by atoms with van der Waals surface area (Å²) in [7, 11) is 1.48. The first-order valence-electron chi connectivity index (χ1n) is 11.9. The molecule has 9 heteroatoms. The fourth-order valence-electron chi connectivity index (χ4n) is 4.24. The van der Waals surface area contributed by atoms with Crippen molar-refractivity contribution in [3.63, 3.8) is 0 Å². The molecule has 0 saturated carbocycles. The Bertz CT molecular complexity index is 1320. The maximum atomic E-state index is 14.6. The molecule has 1 aliphatic heterocycles. The Balaban J connectivity index is 1.56. The Labute approximate surface area is 210 Å². The van der Waals surface area contributed by atoms with E-state index in [0.717, 1.165) is 38.4 Å². The van der Waals surface area contributed by atoms with Crippen LogP contribution in [0, 0.1) is 5.82 Å². The average Bonchev–Trinajstić information content (AvgIpc) is 3.29. The molecule has 8 nitrogen and oxygen atoms in total. The van der Waals surface area contributed by atoms with Gasteiger partial charge in [-0.05, 0) is 43.8 Å². The Morgan fingerprint density at radius 1 is 1.31 bits per heavy atom. The molecule has 1 aliphatic rings. The summed E-state index contributed by atoms with van der Waals surface area (Å²) in [5.41, 5.74) is 2.47. The van der Waals surface area contributed by atoms with Crippen molar-refractivity contribution in [2.75, 3.05) is 45.2 Å². The zero-order valence-corrected chi connectivity index (χ0v) is 20.8. The number of aromatic nitrogens is 3. The van der Waals surface area contributed by atoms with E-state index in [2.05, 4.69) is 43.8 Å². The number of piperazine rings is 1. The molecule has 0 atom stereocenters. The van der Waals surface area contributed by atoms with Gasteiger partial charge in [0.15, 0.2) is 5.82 Å². The highest BCUT2D eigenvalue weighted by molar-refractivity contribution is 6.09. The van der Waals surface area contributed by atoms with E-state index in [1.165, 1.54) is 13.2 Å². The lowest BCUT2D eigenvalue weighted by Crippen LogP contribution is -2.45. The number of allylic oxidation sites excluding steroid dienone is 2. The summed E-state index contributed by atoms with van der Waals surface area (Å²) in [6, 6.07) is 6.27. The van der Waals surface area contributed by atoms with Crippen molar-refractivity contribution in [1.29, 1.82) is 0 Å². The highest BCUT2D eigenvalue weighted by atomic mass is 19.1. The topological polar surface area (TPSA) is 86.4 Å². The van der Waals surface area contributed by atoms with E-state index in [-0.39, 0.29) is 11.5 Å². The number of benzene rings is 1. The van der Waals surface area contributed by atoms with Gasteiger partial charge in [0.25, 0.3) is 5.91 Å². The molecule has 0 unspecified atom stereocenters. The van der Waals surface area contributed by atoms with Gasteiger partial charge in [0.1, 0.15) is 11.6 Å². The fourth-order valence-corrected chi connectivity index (χ4v) is 4.24. The van der Waals surface area contributed by atoms with Crippen LogP contribution in [-0.4, -0.2) is 70.7 Å². The molecule has 0 radical (unpaired) electrons. The van der Waals surface area contributed by atoms with Gasteiger partial charge in [0.2, 0.25) is 0 Å². The number of halogens is 1. The lowest BCUT2D eigenvalue weighted by atomic mass is 10.1. The third kappa shape index (κ3) is 5.31. The van der Waals surface area contributed by atoms with Crippen LogP contribution in [0.1, 0.15) is 13.8 Å². The van der Waals surface area contributed by atoms with Crippen LogP contribution in [0.15, 0.2) is 66.5 Å². The van der Waals surface area contributed by atoms with Crippen LogP contribution < -0.4 is 10.1 Å². The summed E-state index contributed by atoms with van der Waals surface area (Å²) < 4.78 is 19.9. The number of nitrogens with zero attached hydrogens (tertiary/aromatic N) is 4. The number of carbonyl (C=O) groups is 1. The molecule has 36 heavy (non-hydrogen) atoms. The molecule has 0 spiro atoms. The number of hydrogen-bond acceptors (Lipinski definition) is 6. The van der Waals surface area contributed by atoms with E-state index in [1.54, 1.807) is 30.5 Å². The molecule has 1 saturated heterocycles. The minimum Gasteiger partial charge on any atom is -0.496 e. The number of aromatic amines is 1. The number of amides is 1. The van der Waals surface area contributed by atoms with E-state index < -0.39 is 5.82 Å². The van der Waals surface area contributed by atoms with Gasteiger partial charge in [-0.3, -0.25) is 14.9 Å². The third-order valence-electron chi connectivity index (χ3n) is 6.27. The van der Waals surface area contributed by atoms with Gasteiger partial charge in [-0.15, -0.1) is 0 Å². The molecule has 4 rings (SSSR count). The fraction of sp³-hybridized carbons (Fsp3) is 0.296. The van der Waals surface area contributed by atoms with Gasteiger partial charge >= 0.3 is 0 Å². The summed E-state index contributed by atoms with van der Waals surface area (Å²) in [6.07, 6.45) is 7.29. The maximum Gasteiger partial charge on any atom is 0.256 e. The van der Waals surface area contributed by atoms with Crippen molar-refractivity contribution in [3.8, 4) is 17.0 Å². The smallest absolute Gasteiger partial charge is 0.256 e. The molecule has 2 N–H and O–H groups in total. The largest absolute Gasteiger partial charge is 0.496 e. The normalized spacial score (nSPS) is 15.0. The number of hydrogen-bond donors (Lipinski definition) is 2. The summed E-state index contributed by atoms with van der Waals surface area (Å²) in [5, 5.41) is 10.5. The minimum absolute atomic E-state index is 0.242. The van der Waals surface area contributed by atoms with Crippen LogP contribution >= 0.6 is 0 Å². The number of methoxy groups -OCH3 is 1. The zero-order chi connectivity index (χ0) is 25.7. The molecule has 0 aliphatic carbocycles. The number of anilines is 1. The van der Waals surface area contributed by atoms with Crippen molar-refractivity contribution >= 4 is 22.6 Å². The predicted octanol–water partition coefficient (Wildman–Crippen LogP) is 4.36. The maximum absolute atomic E-state index is 14.6. The molecule has 3 heterocycles. The van der Waals surface area contributed by atoms with Crippen molar-refractivity contribution in [1.82, 2.24) is 25.0 Å². The lowest BCUT2D eigenvalue weighted by molar-refractivity contribution is -0.112. The Morgan fingerprint density at radius 2 is 2.08 bits per heavy atom. The summed E-state index contributed by atoms with van der Waals surface area (Å²) in [5.74, 6) is -0.150. The summed E-state index contributed by atoms with van der Waals surface area (Å²) in [6.45, 7) is 12.9. The van der Waals surface area contributed by atoms with Crippen molar-refractivity contribution in [2.24, 2.45) is 0 Å². The van der Waals surface area contributed by atoms with Gasteiger partial charge < -0.3 is 19.9 Å². The second kappa shape index (κ2) is 11.2. The van der Waals surface area contributed by atoms with Crippen LogP contribution in [0.4, 0.5) is 10.2 Å². The molecule has 3 aromatic rings. The van der Waals surface area contributed by atoms with E-state index in [4.69, 9.17) is 4.74 Å². The molecule has 1 amide bonds. The number of pyridine rings is 1. The van der Waals surface area contributed by atoms with E-state index >= 15 is 0 Å². The Kier molecular flexibility index (Phi) is 7.80. The third-order valence-corrected chi connectivity index (χ3v) is 6.27. The van der Waals surface area contributed by atoms with Gasteiger partial charge in [0, 0.05) is 42.8 Å². The first kappa shape index (κ1) is 25.1. The second-order valence-corrected chi connectivity index (χ2v) is 8.47. The van der Waals surface area contributed by atoms with Crippen LogP contribution in [0.3, 0.4) is 0 Å². The molecule has 0 bridgehead atoms. The minimum atomic E-state index is -0.454. The lowest BCUT2D eigenvalue weighted by Gasteiger charge is -2.36. The van der Waals surface area contributed by atoms with E-state index in [9.17, 15) is 9.18 Å². The van der Waals surface area contributed by atoms with E-state index in [1.807, 2.05) is 19.1 Å². The number of nitrogens with one attached hydrogen (secondary N) is 2.